The van der Waals surface area contributed by atoms with Gasteiger partial charge in [0.1, 0.15) is 5.60 Å². The lowest BCUT2D eigenvalue weighted by Crippen LogP contribution is -2.28. The number of non-ortho nitro benzene ring substituents is 1. The molecule has 1 aliphatic rings. The average molecular weight is 350 g/mol. The minimum absolute atomic E-state index is 0.0830. The summed E-state index contributed by atoms with van der Waals surface area (Å²) < 4.78 is 10.1. The van der Waals surface area contributed by atoms with Gasteiger partial charge >= 0.3 is 11.9 Å². The van der Waals surface area contributed by atoms with Crippen LogP contribution in [0.25, 0.3) is 0 Å². The van der Waals surface area contributed by atoms with Crippen LogP contribution in [-0.2, 0) is 14.3 Å². The Labute approximate surface area is 145 Å². The maximum Gasteiger partial charge on any atom is 0.344 e. The summed E-state index contributed by atoms with van der Waals surface area (Å²) >= 11 is 0. The highest BCUT2D eigenvalue weighted by atomic mass is 16.6. The fraction of sp³-hybridized carbons (Fsp3) is 0.529. The van der Waals surface area contributed by atoms with Gasteiger partial charge in [0.05, 0.1) is 16.2 Å². The first kappa shape index (κ1) is 18.7. The third-order valence-electron chi connectivity index (χ3n) is 3.60. The first-order valence-corrected chi connectivity index (χ1v) is 8.10. The highest BCUT2D eigenvalue weighted by Crippen LogP contribution is 2.29. The van der Waals surface area contributed by atoms with Gasteiger partial charge < -0.3 is 14.4 Å². The molecule has 0 radical (unpaired) electrons. The summed E-state index contributed by atoms with van der Waals surface area (Å²) in [4.78, 5) is 36.5. The molecule has 0 bridgehead atoms. The minimum Gasteiger partial charge on any atom is -0.457 e. The van der Waals surface area contributed by atoms with E-state index in [2.05, 4.69) is 0 Å². The van der Waals surface area contributed by atoms with E-state index < -0.39 is 29.1 Å². The predicted octanol–water partition coefficient (Wildman–Crippen LogP) is 2.69. The highest BCUT2D eigenvalue weighted by molar-refractivity contribution is 5.97. The molecule has 0 unspecified atom stereocenters. The molecule has 0 saturated carbocycles. The summed E-state index contributed by atoms with van der Waals surface area (Å²) in [7, 11) is 0. The molecular weight excluding hydrogens is 328 g/mol. The molecule has 0 amide bonds. The third kappa shape index (κ3) is 5.17. The number of rotatable bonds is 5. The third-order valence-corrected chi connectivity index (χ3v) is 3.60. The van der Waals surface area contributed by atoms with Gasteiger partial charge in [0.2, 0.25) is 0 Å². The molecule has 1 fully saturated rings. The van der Waals surface area contributed by atoms with Crippen molar-refractivity contribution in [2.45, 2.75) is 39.2 Å². The van der Waals surface area contributed by atoms with E-state index in [0.29, 0.717) is 5.69 Å². The van der Waals surface area contributed by atoms with E-state index in [9.17, 15) is 19.7 Å². The topological polar surface area (TPSA) is 99.0 Å². The van der Waals surface area contributed by atoms with E-state index in [1.807, 2.05) is 4.90 Å². The Morgan fingerprint density at radius 2 is 1.88 bits per heavy atom. The second kappa shape index (κ2) is 7.50. The van der Waals surface area contributed by atoms with Crippen molar-refractivity contribution in [3.05, 3.63) is 33.9 Å². The van der Waals surface area contributed by atoms with Crippen LogP contribution in [0.2, 0.25) is 0 Å². The monoisotopic (exact) mass is 350 g/mol. The first-order chi connectivity index (χ1) is 11.7. The second-order valence-corrected chi connectivity index (χ2v) is 6.82. The van der Waals surface area contributed by atoms with Crippen LogP contribution in [0.5, 0.6) is 0 Å². The van der Waals surface area contributed by atoms with Crippen molar-refractivity contribution in [3.8, 4) is 0 Å². The lowest BCUT2D eigenvalue weighted by atomic mass is 10.1. The fourth-order valence-electron chi connectivity index (χ4n) is 2.61. The van der Waals surface area contributed by atoms with Gasteiger partial charge in [0.15, 0.2) is 6.61 Å². The number of anilines is 1. The van der Waals surface area contributed by atoms with Crippen molar-refractivity contribution in [2.75, 3.05) is 24.6 Å². The molecule has 2 rings (SSSR count). The molecule has 25 heavy (non-hydrogen) atoms. The number of nitrogens with zero attached hydrogens (tertiary/aromatic N) is 2. The summed E-state index contributed by atoms with van der Waals surface area (Å²) in [5.74, 6) is -1.45. The van der Waals surface area contributed by atoms with Crippen molar-refractivity contribution in [1.82, 2.24) is 0 Å². The van der Waals surface area contributed by atoms with Crippen LogP contribution < -0.4 is 4.90 Å². The Morgan fingerprint density at radius 3 is 2.44 bits per heavy atom. The van der Waals surface area contributed by atoms with E-state index in [0.717, 1.165) is 25.9 Å². The molecule has 0 aromatic heterocycles. The highest BCUT2D eigenvalue weighted by Gasteiger charge is 2.25. The maximum absolute atomic E-state index is 12.4. The van der Waals surface area contributed by atoms with Gasteiger partial charge in [-0.2, -0.15) is 0 Å². The van der Waals surface area contributed by atoms with Gasteiger partial charge in [-0.05, 0) is 39.7 Å². The van der Waals surface area contributed by atoms with Crippen LogP contribution in [0.3, 0.4) is 0 Å². The Bertz CT molecular complexity index is 674. The van der Waals surface area contributed by atoms with Crippen LogP contribution in [0.1, 0.15) is 44.0 Å². The lowest BCUT2D eigenvalue weighted by molar-refractivity contribution is -0.384. The van der Waals surface area contributed by atoms with Crippen LogP contribution in [0, 0.1) is 10.1 Å². The van der Waals surface area contributed by atoms with Gasteiger partial charge in [-0.25, -0.2) is 9.59 Å². The van der Waals surface area contributed by atoms with E-state index in [1.165, 1.54) is 12.1 Å². The first-order valence-electron chi connectivity index (χ1n) is 8.10. The fourth-order valence-corrected chi connectivity index (χ4v) is 2.61. The van der Waals surface area contributed by atoms with E-state index in [4.69, 9.17) is 9.47 Å². The quantitative estimate of drug-likeness (QED) is 0.457. The molecule has 1 aromatic rings. The molecule has 136 valence electrons. The van der Waals surface area contributed by atoms with Crippen LogP contribution in [-0.4, -0.2) is 42.2 Å². The zero-order valence-corrected chi connectivity index (χ0v) is 14.6. The van der Waals surface area contributed by atoms with Gasteiger partial charge in [0, 0.05) is 25.2 Å². The van der Waals surface area contributed by atoms with E-state index >= 15 is 0 Å². The largest absolute Gasteiger partial charge is 0.457 e. The molecule has 0 spiro atoms. The standard InChI is InChI=1S/C17H22N2O6/c1-17(2,3)25-15(20)11-24-16(21)13-10-12(19(22)23)6-7-14(13)18-8-4-5-9-18/h6-7,10H,4-5,8-9,11H2,1-3H3. The van der Waals surface area contributed by atoms with Gasteiger partial charge in [0.25, 0.3) is 5.69 Å². The van der Waals surface area contributed by atoms with Gasteiger partial charge in [-0.3, -0.25) is 10.1 Å². The Hall–Kier alpha value is -2.64. The summed E-state index contributed by atoms with van der Waals surface area (Å²) in [6.07, 6.45) is 1.98. The van der Waals surface area contributed by atoms with E-state index in [1.54, 1.807) is 26.8 Å². The summed E-state index contributed by atoms with van der Waals surface area (Å²) in [5.41, 5.74) is -0.223. The zero-order chi connectivity index (χ0) is 18.6. The van der Waals surface area contributed by atoms with E-state index in [-0.39, 0.29) is 11.3 Å². The number of esters is 2. The number of hydrogen-bond donors (Lipinski definition) is 0. The van der Waals surface area contributed by atoms with Crippen molar-refractivity contribution < 1.29 is 24.0 Å². The van der Waals surface area contributed by atoms with Crippen molar-refractivity contribution in [1.29, 1.82) is 0 Å². The van der Waals surface area contributed by atoms with Crippen molar-refractivity contribution in [2.24, 2.45) is 0 Å². The number of carbonyl (C=O) groups excluding carboxylic acids is 2. The number of nitro groups is 1. The van der Waals surface area contributed by atoms with Gasteiger partial charge in [-0.15, -0.1) is 0 Å². The molecule has 1 aliphatic heterocycles. The minimum atomic E-state index is -0.781. The SMILES string of the molecule is CC(C)(C)OC(=O)COC(=O)c1cc([N+](=O)[O-])ccc1N1CCCC1. The Balaban J connectivity index is 2.16. The molecule has 1 heterocycles. The van der Waals surface area contributed by atoms with Crippen molar-refractivity contribution >= 4 is 23.3 Å². The average Bonchev–Trinajstić information content (AvgIpc) is 3.04. The number of ether oxygens (including phenoxy) is 2. The van der Waals surface area contributed by atoms with Crippen LogP contribution >= 0.6 is 0 Å². The number of carbonyl (C=O) groups is 2. The molecular formula is C17H22N2O6. The molecule has 8 nitrogen and oxygen atoms in total. The summed E-state index contributed by atoms with van der Waals surface area (Å²) in [6.45, 7) is 6.11. The number of hydrogen-bond acceptors (Lipinski definition) is 7. The van der Waals surface area contributed by atoms with Crippen molar-refractivity contribution in [3.63, 3.8) is 0 Å². The zero-order valence-electron chi connectivity index (χ0n) is 14.6. The lowest BCUT2D eigenvalue weighted by Gasteiger charge is -2.21. The Morgan fingerprint density at radius 1 is 1.24 bits per heavy atom. The predicted molar refractivity (Wildman–Crippen MR) is 90.7 cm³/mol. The summed E-state index contributed by atoms with van der Waals surface area (Å²) in [5, 5.41) is 11.0. The molecule has 1 saturated heterocycles. The number of benzene rings is 1. The smallest absolute Gasteiger partial charge is 0.344 e. The van der Waals surface area contributed by atoms with Gasteiger partial charge in [-0.1, -0.05) is 0 Å². The molecule has 1 aromatic carbocycles. The molecule has 0 N–H and O–H groups in total. The number of nitro benzene ring substituents is 1. The molecule has 0 aliphatic carbocycles. The van der Waals surface area contributed by atoms with Crippen LogP contribution in [0.4, 0.5) is 11.4 Å². The normalized spacial score (nSPS) is 14.3. The van der Waals surface area contributed by atoms with Crippen LogP contribution in [0.15, 0.2) is 18.2 Å². The summed E-state index contributed by atoms with van der Waals surface area (Å²) in [6, 6.07) is 4.09. The second-order valence-electron chi connectivity index (χ2n) is 6.82. The molecule has 0 atom stereocenters. The Kier molecular flexibility index (Phi) is 5.61. The molecule has 8 heteroatoms. The maximum atomic E-state index is 12.4.